The largest absolute Gasteiger partial charge is 0.490 e. The number of fused-ring (bicyclic) bond motifs is 3. The van der Waals surface area contributed by atoms with Gasteiger partial charge in [0.1, 0.15) is 18.2 Å². The van der Waals surface area contributed by atoms with E-state index in [0.29, 0.717) is 46.9 Å². The van der Waals surface area contributed by atoms with E-state index in [1.165, 1.54) is 31.3 Å². The van der Waals surface area contributed by atoms with Crippen molar-refractivity contribution >= 4 is 45.6 Å². The van der Waals surface area contributed by atoms with Crippen LogP contribution in [-0.4, -0.2) is 34.8 Å². The van der Waals surface area contributed by atoms with Gasteiger partial charge in [-0.05, 0) is 50.8 Å². The lowest BCUT2D eigenvalue weighted by atomic mass is 10.0. The van der Waals surface area contributed by atoms with Crippen LogP contribution in [0.25, 0.3) is 10.9 Å². The fourth-order valence-electron chi connectivity index (χ4n) is 4.55. The molecule has 0 aliphatic carbocycles. The van der Waals surface area contributed by atoms with Crippen LogP contribution in [0.4, 0.5) is 15.9 Å². The molecule has 32 heavy (non-hydrogen) atoms. The molecule has 168 valence electrons. The molecule has 3 atom stereocenters. The van der Waals surface area contributed by atoms with Crippen molar-refractivity contribution in [3.8, 4) is 11.5 Å². The number of hydrogen-bond acceptors (Lipinski definition) is 6. The molecule has 2 N–H and O–H groups in total. The Morgan fingerprint density at radius 3 is 2.66 bits per heavy atom. The number of rotatable bonds is 6. The third-order valence-corrected chi connectivity index (χ3v) is 6.79. The fourth-order valence-corrected chi connectivity index (χ4v) is 4.87. The summed E-state index contributed by atoms with van der Waals surface area (Å²) in [4.78, 5) is 8.69. The molecular formula is C23H23Cl2FN4O2. The lowest BCUT2D eigenvalue weighted by Gasteiger charge is -2.30. The average Bonchev–Trinajstić information content (AvgIpc) is 3.13. The molecule has 2 aliphatic rings. The Morgan fingerprint density at radius 2 is 1.91 bits per heavy atom. The maximum absolute atomic E-state index is 14.6. The number of halogens is 3. The van der Waals surface area contributed by atoms with Gasteiger partial charge in [-0.3, -0.25) is 0 Å². The maximum Gasteiger partial charge on any atom is 0.166 e. The highest BCUT2D eigenvalue weighted by Crippen LogP contribution is 2.39. The number of piperidine rings is 1. The first-order chi connectivity index (χ1) is 15.5. The van der Waals surface area contributed by atoms with Gasteiger partial charge in [0.25, 0.3) is 0 Å². The fraction of sp³-hybridized carbons (Fsp3) is 0.391. The summed E-state index contributed by atoms with van der Waals surface area (Å²) in [7, 11) is 0. The van der Waals surface area contributed by atoms with Gasteiger partial charge in [-0.2, -0.15) is 0 Å². The molecule has 5 rings (SSSR count). The number of benzene rings is 2. The predicted molar refractivity (Wildman–Crippen MR) is 124 cm³/mol. The molecule has 2 aromatic carbocycles. The van der Waals surface area contributed by atoms with Crippen LogP contribution in [-0.2, 0) is 0 Å². The van der Waals surface area contributed by atoms with Crippen LogP contribution >= 0.6 is 23.2 Å². The summed E-state index contributed by atoms with van der Waals surface area (Å²) in [5, 5.41) is 7.34. The predicted octanol–water partition coefficient (Wildman–Crippen LogP) is 5.88. The molecule has 1 unspecified atom stereocenters. The monoisotopic (exact) mass is 476 g/mol. The number of hydrogen-bond donors (Lipinski definition) is 2. The molecule has 2 aliphatic heterocycles. The molecule has 0 spiro atoms. The van der Waals surface area contributed by atoms with Crippen LogP contribution in [0.2, 0.25) is 10.0 Å². The van der Waals surface area contributed by atoms with Crippen molar-refractivity contribution in [2.75, 3.05) is 11.9 Å². The molecule has 1 aromatic heterocycles. The third-order valence-electron chi connectivity index (χ3n) is 6.01. The summed E-state index contributed by atoms with van der Waals surface area (Å²) in [6, 6.07) is 7.77. The van der Waals surface area contributed by atoms with Gasteiger partial charge >= 0.3 is 0 Å². The Labute approximate surface area is 195 Å². The number of aromatic nitrogens is 2. The number of ether oxygens (including phenoxy) is 2. The van der Waals surface area contributed by atoms with E-state index in [2.05, 4.69) is 20.6 Å². The first-order valence-corrected chi connectivity index (χ1v) is 11.5. The topological polar surface area (TPSA) is 68.3 Å². The van der Waals surface area contributed by atoms with Crippen LogP contribution < -0.4 is 20.1 Å². The molecule has 3 heterocycles. The number of nitrogens with zero attached hydrogens (tertiary/aromatic N) is 2. The van der Waals surface area contributed by atoms with Crippen molar-refractivity contribution in [2.24, 2.45) is 0 Å². The second kappa shape index (κ2) is 8.89. The Bertz CT molecular complexity index is 1150. The van der Waals surface area contributed by atoms with Gasteiger partial charge in [-0.1, -0.05) is 23.2 Å². The van der Waals surface area contributed by atoms with E-state index < -0.39 is 5.82 Å². The van der Waals surface area contributed by atoms with Crippen LogP contribution in [0.5, 0.6) is 11.5 Å². The van der Waals surface area contributed by atoms with E-state index >= 15 is 0 Å². The maximum atomic E-state index is 14.6. The van der Waals surface area contributed by atoms with E-state index in [1.54, 1.807) is 0 Å². The third kappa shape index (κ3) is 4.17. The highest BCUT2D eigenvalue weighted by atomic mass is 35.5. The smallest absolute Gasteiger partial charge is 0.166 e. The van der Waals surface area contributed by atoms with E-state index in [0.717, 1.165) is 12.8 Å². The van der Waals surface area contributed by atoms with Gasteiger partial charge in [-0.15, -0.1) is 0 Å². The first kappa shape index (κ1) is 21.5. The molecule has 0 amide bonds. The van der Waals surface area contributed by atoms with Crippen molar-refractivity contribution in [2.45, 2.75) is 50.8 Å². The molecule has 3 aromatic rings. The lowest BCUT2D eigenvalue weighted by Crippen LogP contribution is -2.42. The van der Waals surface area contributed by atoms with Crippen molar-refractivity contribution in [3.63, 3.8) is 0 Å². The van der Waals surface area contributed by atoms with E-state index in [1.807, 2.05) is 19.1 Å². The van der Waals surface area contributed by atoms with Gasteiger partial charge in [0.05, 0.1) is 27.9 Å². The average molecular weight is 477 g/mol. The Morgan fingerprint density at radius 1 is 1.12 bits per heavy atom. The highest BCUT2D eigenvalue weighted by Gasteiger charge is 2.35. The minimum atomic E-state index is -0.640. The van der Waals surface area contributed by atoms with E-state index in [-0.39, 0.29) is 21.8 Å². The summed E-state index contributed by atoms with van der Waals surface area (Å²) >= 11 is 11.9. The van der Waals surface area contributed by atoms with Crippen molar-refractivity contribution in [1.82, 2.24) is 15.3 Å². The van der Waals surface area contributed by atoms with Crippen molar-refractivity contribution in [3.05, 3.63) is 46.5 Å². The minimum Gasteiger partial charge on any atom is -0.490 e. The van der Waals surface area contributed by atoms with Gasteiger partial charge in [-0.25, -0.2) is 14.4 Å². The van der Waals surface area contributed by atoms with Crippen molar-refractivity contribution < 1.29 is 13.9 Å². The van der Waals surface area contributed by atoms with E-state index in [4.69, 9.17) is 32.7 Å². The minimum absolute atomic E-state index is 0.110. The van der Waals surface area contributed by atoms with Crippen LogP contribution in [0.3, 0.4) is 0 Å². The molecular weight excluding hydrogens is 454 g/mol. The quantitative estimate of drug-likeness (QED) is 0.433. The Kier molecular flexibility index (Phi) is 5.97. The molecule has 9 heteroatoms. The zero-order chi connectivity index (χ0) is 22.2. The molecule has 2 saturated heterocycles. The van der Waals surface area contributed by atoms with E-state index in [9.17, 15) is 4.39 Å². The van der Waals surface area contributed by atoms with Crippen LogP contribution in [0.15, 0.2) is 30.6 Å². The number of anilines is 2. The van der Waals surface area contributed by atoms with Crippen LogP contribution in [0, 0.1) is 5.82 Å². The normalized spacial score (nSPS) is 22.2. The van der Waals surface area contributed by atoms with Crippen molar-refractivity contribution in [1.29, 1.82) is 0 Å². The lowest BCUT2D eigenvalue weighted by molar-refractivity contribution is 0.132. The van der Waals surface area contributed by atoms with Gasteiger partial charge in [0.15, 0.2) is 17.3 Å². The highest BCUT2D eigenvalue weighted by molar-refractivity contribution is 6.42. The second-order valence-electron chi connectivity index (χ2n) is 8.17. The van der Waals surface area contributed by atoms with Gasteiger partial charge in [0, 0.05) is 23.5 Å². The zero-order valence-corrected chi connectivity index (χ0v) is 19.0. The summed E-state index contributed by atoms with van der Waals surface area (Å²) in [5.41, 5.74) is 0.829. The number of nitrogens with one attached hydrogen (secondary N) is 2. The van der Waals surface area contributed by atoms with Gasteiger partial charge < -0.3 is 20.1 Å². The summed E-state index contributed by atoms with van der Waals surface area (Å²) in [6.45, 7) is 2.43. The Balaban J connectivity index is 1.51. The molecule has 0 radical (unpaired) electrons. The molecule has 2 bridgehead atoms. The SMILES string of the molecule is CCOc1cc2ncnc(Nc3ccc(Cl)c(Cl)c3F)c2cc1OC1C[C@H]2CC[C@@H](C1)N2. The standard InChI is InChI=1S/C23H23Cl2FN4O2/c1-2-31-19-10-18-15(9-20(19)32-14-7-12-3-4-13(8-14)29-12)23(28-11-27-18)30-17-6-5-16(24)21(25)22(17)26/h5-6,9-14,29H,2-4,7-8H2,1H3,(H,27,28,30)/t12-,13+,14?. The first-order valence-electron chi connectivity index (χ1n) is 10.8. The van der Waals surface area contributed by atoms with Crippen LogP contribution in [0.1, 0.15) is 32.6 Å². The molecule has 2 fully saturated rings. The summed E-state index contributed by atoms with van der Waals surface area (Å²) in [5.74, 6) is 1.07. The molecule has 6 nitrogen and oxygen atoms in total. The second-order valence-corrected chi connectivity index (χ2v) is 8.95. The molecule has 0 saturated carbocycles. The zero-order valence-electron chi connectivity index (χ0n) is 17.5. The summed E-state index contributed by atoms with van der Waals surface area (Å²) in [6.07, 6.45) is 5.84. The van der Waals surface area contributed by atoms with Gasteiger partial charge in [0.2, 0.25) is 0 Å². The Hall–Kier alpha value is -2.35. The summed E-state index contributed by atoms with van der Waals surface area (Å²) < 4.78 is 26.9.